The van der Waals surface area contributed by atoms with E-state index in [2.05, 4.69) is 10.3 Å². The molecule has 5 heteroatoms. The first-order valence-electron chi connectivity index (χ1n) is 5.95. The quantitative estimate of drug-likeness (QED) is 0.775. The standard InChI is InChI=1S/C13H20N2O2S/c1-8(2)14-11(13(16)17)7-18-12-6-9(3)5-10(4)15-12/h5-6,8,11,14H,7H2,1-4H3,(H,16,17). The van der Waals surface area contributed by atoms with Crippen LogP contribution in [0.4, 0.5) is 0 Å². The molecule has 1 rings (SSSR count). The van der Waals surface area contributed by atoms with Gasteiger partial charge in [-0.3, -0.25) is 4.79 Å². The van der Waals surface area contributed by atoms with E-state index in [1.54, 1.807) is 0 Å². The highest BCUT2D eigenvalue weighted by molar-refractivity contribution is 7.99. The third kappa shape index (κ3) is 5.06. The molecule has 0 amide bonds. The van der Waals surface area contributed by atoms with E-state index in [-0.39, 0.29) is 6.04 Å². The van der Waals surface area contributed by atoms with Gasteiger partial charge in [0.15, 0.2) is 0 Å². The van der Waals surface area contributed by atoms with Gasteiger partial charge in [-0.15, -0.1) is 11.8 Å². The number of carboxylic acids is 1. The Bertz CT molecular complexity index is 401. The average molecular weight is 268 g/mol. The third-order valence-corrected chi connectivity index (χ3v) is 3.31. The maximum atomic E-state index is 11.1. The highest BCUT2D eigenvalue weighted by atomic mass is 32.2. The minimum atomic E-state index is -0.819. The lowest BCUT2D eigenvalue weighted by Crippen LogP contribution is -2.42. The lowest BCUT2D eigenvalue weighted by molar-refractivity contribution is -0.139. The van der Waals surface area contributed by atoms with Gasteiger partial charge in [0.25, 0.3) is 0 Å². The van der Waals surface area contributed by atoms with Gasteiger partial charge in [0, 0.05) is 17.5 Å². The van der Waals surface area contributed by atoms with Gasteiger partial charge in [-0.25, -0.2) is 4.98 Å². The summed E-state index contributed by atoms with van der Waals surface area (Å²) in [6.45, 7) is 7.84. The molecule has 1 heterocycles. The van der Waals surface area contributed by atoms with Crippen molar-refractivity contribution in [3.05, 3.63) is 23.4 Å². The molecule has 0 saturated heterocycles. The maximum absolute atomic E-state index is 11.1. The number of nitrogens with one attached hydrogen (secondary N) is 1. The van der Waals surface area contributed by atoms with Gasteiger partial charge in [0.05, 0.1) is 5.03 Å². The molecule has 0 bridgehead atoms. The van der Waals surface area contributed by atoms with E-state index < -0.39 is 12.0 Å². The fraction of sp³-hybridized carbons (Fsp3) is 0.538. The van der Waals surface area contributed by atoms with Crippen molar-refractivity contribution in [2.75, 3.05) is 5.75 Å². The Morgan fingerprint density at radius 1 is 1.44 bits per heavy atom. The van der Waals surface area contributed by atoms with Gasteiger partial charge in [0.1, 0.15) is 6.04 Å². The van der Waals surface area contributed by atoms with Gasteiger partial charge in [-0.05, 0) is 31.5 Å². The normalized spacial score (nSPS) is 12.7. The largest absolute Gasteiger partial charge is 0.480 e. The summed E-state index contributed by atoms with van der Waals surface area (Å²) in [5.74, 6) is -0.343. The van der Waals surface area contributed by atoms with Gasteiger partial charge in [-0.2, -0.15) is 0 Å². The predicted octanol–water partition coefficient (Wildman–Crippen LogP) is 2.24. The molecular formula is C13H20N2O2S. The van der Waals surface area contributed by atoms with Crippen LogP contribution >= 0.6 is 11.8 Å². The Hall–Kier alpha value is -1.07. The van der Waals surface area contributed by atoms with Crippen molar-refractivity contribution in [2.24, 2.45) is 0 Å². The second-order valence-electron chi connectivity index (χ2n) is 4.65. The van der Waals surface area contributed by atoms with Crippen molar-refractivity contribution in [1.29, 1.82) is 0 Å². The van der Waals surface area contributed by atoms with E-state index >= 15 is 0 Å². The molecule has 0 aliphatic heterocycles. The molecule has 0 fully saturated rings. The number of aromatic nitrogens is 1. The van der Waals surface area contributed by atoms with Crippen molar-refractivity contribution in [1.82, 2.24) is 10.3 Å². The predicted molar refractivity (Wildman–Crippen MR) is 74.1 cm³/mol. The van der Waals surface area contributed by atoms with Crippen molar-refractivity contribution >= 4 is 17.7 Å². The summed E-state index contributed by atoms with van der Waals surface area (Å²) in [7, 11) is 0. The number of thioether (sulfide) groups is 1. The molecule has 4 nitrogen and oxygen atoms in total. The molecule has 0 aromatic carbocycles. The summed E-state index contributed by atoms with van der Waals surface area (Å²) in [5, 5.41) is 13.0. The van der Waals surface area contributed by atoms with E-state index in [0.717, 1.165) is 16.3 Å². The zero-order chi connectivity index (χ0) is 13.7. The number of pyridine rings is 1. The van der Waals surface area contributed by atoms with Crippen LogP contribution in [-0.4, -0.2) is 33.9 Å². The molecule has 100 valence electrons. The van der Waals surface area contributed by atoms with Crippen LogP contribution in [-0.2, 0) is 4.79 Å². The Balaban J connectivity index is 2.63. The minimum Gasteiger partial charge on any atom is -0.480 e. The van der Waals surface area contributed by atoms with Crippen molar-refractivity contribution in [3.8, 4) is 0 Å². The Labute approximate surface area is 112 Å². The summed E-state index contributed by atoms with van der Waals surface area (Å²) in [6.07, 6.45) is 0. The van der Waals surface area contributed by atoms with Crippen LogP contribution in [0.15, 0.2) is 17.2 Å². The summed E-state index contributed by atoms with van der Waals surface area (Å²) in [5.41, 5.74) is 2.11. The number of aryl methyl sites for hydroxylation is 2. The average Bonchev–Trinajstić information content (AvgIpc) is 2.21. The number of carbonyl (C=O) groups is 1. The molecular weight excluding hydrogens is 248 g/mol. The molecule has 2 N–H and O–H groups in total. The van der Waals surface area contributed by atoms with Gasteiger partial charge in [-0.1, -0.05) is 13.8 Å². The zero-order valence-electron chi connectivity index (χ0n) is 11.2. The topological polar surface area (TPSA) is 62.2 Å². The SMILES string of the molecule is Cc1cc(C)nc(SCC(NC(C)C)C(=O)O)c1. The first-order chi connectivity index (χ1) is 8.38. The van der Waals surface area contributed by atoms with Crippen LogP contribution < -0.4 is 5.32 Å². The second kappa shape index (κ2) is 6.75. The lowest BCUT2D eigenvalue weighted by atomic mass is 10.3. The van der Waals surface area contributed by atoms with Gasteiger partial charge in [0.2, 0.25) is 0 Å². The van der Waals surface area contributed by atoms with E-state index in [1.165, 1.54) is 11.8 Å². The fourth-order valence-corrected chi connectivity index (χ4v) is 2.69. The molecule has 0 spiro atoms. The van der Waals surface area contributed by atoms with Crippen LogP contribution in [0.2, 0.25) is 0 Å². The molecule has 0 radical (unpaired) electrons. The Morgan fingerprint density at radius 3 is 2.61 bits per heavy atom. The minimum absolute atomic E-state index is 0.152. The molecule has 1 aromatic heterocycles. The lowest BCUT2D eigenvalue weighted by Gasteiger charge is -2.16. The Kier molecular flexibility index (Phi) is 5.62. The summed E-state index contributed by atoms with van der Waals surface area (Å²) in [4.78, 5) is 15.5. The van der Waals surface area contributed by atoms with Crippen LogP contribution in [0.25, 0.3) is 0 Å². The smallest absolute Gasteiger partial charge is 0.321 e. The molecule has 1 aromatic rings. The first-order valence-corrected chi connectivity index (χ1v) is 6.94. The molecule has 1 unspecified atom stereocenters. The van der Waals surface area contributed by atoms with E-state index in [9.17, 15) is 4.79 Å². The second-order valence-corrected chi connectivity index (χ2v) is 5.69. The molecule has 18 heavy (non-hydrogen) atoms. The number of rotatable bonds is 6. The summed E-state index contributed by atoms with van der Waals surface area (Å²) in [6, 6.07) is 3.59. The number of hydrogen-bond acceptors (Lipinski definition) is 4. The van der Waals surface area contributed by atoms with Crippen molar-refractivity contribution in [2.45, 2.75) is 44.8 Å². The molecule has 0 aliphatic carbocycles. The maximum Gasteiger partial charge on any atom is 0.321 e. The molecule has 1 atom stereocenters. The van der Waals surface area contributed by atoms with Crippen molar-refractivity contribution < 1.29 is 9.90 Å². The number of aliphatic carboxylic acids is 1. The zero-order valence-corrected chi connectivity index (χ0v) is 12.0. The monoisotopic (exact) mass is 268 g/mol. The number of carboxylic acid groups (broad SMARTS) is 1. The van der Waals surface area contributed by atoms with E-state index in [0.29, 0.717) is 5.75 Å². The fourth-order valence-electron chi connectivity index (χ4n) is 1.64. The molecule has 0 aliphatic rings. The van der Waals surface area contributed by atoms with Crippen molar-refractivity contribution in [3.63, 3.8) is 0 Å². The molecule has 0 saturated carbocycles. The highest BCUT2D eigenvalue weighted by Crippen LogP contribution is 2.18. The van der Waals surface area contributed by atoms with Gasteiger partial charge >= 0.3 is 5.97 Å². The van der Waals surface area contributed by atoms with Crippen LogP contribution in [0, 0.1) is 13.8 Å². The van der Waals surface area contributed by atoms with Gasteiger partial charge < -0.3 is 10.4 Å². The summed E-state index contributed by atoms with van der Waals surface area (Å²) < 4.78 is 0. The Morgan fingerprint density at radius 2 is 2.11 bits per heavy atom. The van der Waals surface area contributed by atoms with E-state index in [4.69, 9.17) is 5.11 Å². The summed E-state index contributed by atoms with van der Waals surface area (Å²) >= 11 is 1.47. The van der Waals surface area contributed by atoms with Crippen LogP contribution in [0.3, 0.4) is 0 Å². The van der Waals surface area contributed by atoms with Crippen LogP contribution in [0.5, 0.6) is 0 Å². The number of nitrogens with zero attached hydrogens (tertiary/aromatic N) is 1. The first kappa shape index (κ1) is 15.0. The van der Waals surface area contributed by atoms with E-state index in [1.807, 2.05) is 39.8 Å². The van der Waals surface area contributed by atoms with Crippen LogP contribution in [0.1, 0.15) is 25.1 Å². The third-order valence-electron chi connectivity index (χ3n) is 2.30. The highest BCUT2D eigenvalue weighted by Gasteiger charge is 2.18. The number of hydrogen-bond donors (Lipinski definition) is 2.